The summed E-state index contributed by atoms with van der Waals surface area (Å²) in [5, 5.41) is 8.76. The van der Waals surface area contributed by atoms with Crippen molar-refractivity contribution in [2.45, 2.75) is 64.0 Å². The summed E-state index contributed by atoms with van der Waals surface area (Å²) >= 11 is 0. The first-order valence-corrected chi connectivity index (χ1v) is 9.13. The number of hydrogen-bond donors (Lipinski definition) is 2. The molecule has 2 N–H and O–H groups in total. The van der Waals surface area contributed by atoms with Crippen LogP contribution in [-0.2, 0) is 10.1 Å². The van der Waals surface area contributed by atoms with Crippen molar-refractivity contribution in [3.8, 4) is 5.75 Å². The monoisotopic (exact) mass is 314 g/mol. The number of phenolic OH excluding ortho intramolecular Hbond substituents is 1. The standard InChI is InChI=1S/C16H26O4S/c1-3-4-5-6-7-8-12-16(21(18,19)20)14-10-9-11-15(17)13(14)2/h9-11,16-17H,3-8,12H2,1-2H3,(H,18,19,20). The highest BCUT2D eigenvalue weighted by molar-refractivity contribution is 7.86. The maximum atomic E-state index is 11.6. The molecule has 1 rings (SSSR count). The fourth-order valence-corrected chi connectivity index (χ4v) is 3.61. The van der Waals surface area contributed by atoms with E-state index < -0.39 is 15.4 Å². The van der Waals surface area contributed by atoms with Gasteiger partial charge in [0.05, 0.1) is 0 Å². The van der Waals surface area contributed by atoms with E-state index in [1.54, 1.807) is 19.1 Å². The van der Waals surface area contributed by atoms with Crippen LogP contribution < -0.4 is 0 Å². The lowest BCUT2D eigenvalue weighted by Gasteiger charge is -2.17. The highest BCUT2D eigenvalue weighted by atomic mass is 32.2. The Kier molecular flexibility index (Phi) is 7.18. The topological polar surface area (TPSA) is 74.6 Å². The van der Waals surface area contributed by atoms with Crippen LogP contribution in [0.3, 0.4) is 0 Å². The minimum Gasteiger partial charge on any atom is -0.508 e. The predicted molar refractivity (Wildman–Crippen MR) is 85.1 cm³/mol. The second-order valence-electron chi connectivity index (χ2n) is 5.55. The zero-order chi connectivity index (χ0) is 15.9. The number of aromatic hydroxyl groups is 1. The second-order valence-corrected chi connectivity index (χ2v) is 7.15. The minimum atomic E-state index is -4.17. The van der Waals surface area contributed by atoms with Crippen molar-refractivity contribution in [2.75, 3.05) is 0 Å². The average molecular weight is 314 g/mol. The lowest BCUT2D eigenvalue weighted by atomic mass is 10.00. The molecule has 5 heteroatoms. The maximum Gasteiger partial charge on any atom is 0.272 e. The first kappa shape index (κ1) is 18.0. The Balaban J connectivity index is 2.72. The Morgan fingerprint density at radius 2 is 1.71 bits per heavy atom. The third-order valence-corrected chi connectivity index (χ3v) is 5.08. The van der Waals surface area contributed by atoms with Gasteiger partial charge in [0.1, 0.15) is 11.0 Å². The van der Waals surface area contributed by atoms with Gasteiger partial charge in [0.2, 0.25) is 0 Å². The van der Waals surface area contributed by atoms with Gasteiger partial charge in [0.15, 0.2) is 0 Å². The summed E-state index contributed by atoms with van der Waals surface area (Å²) in [4.78, 5) is 0. The molecule has 1 atom stereocenters. The largest absolute Gasteiger partial charge is 0.508 e. The van der Waals surface area contributed by atoms with Crippen LogP contribution in [0.25, 0.3) is 0 Å². The van der Waals surface area contributed by atoms with Crippen LogP contribution in [0.5, 0.6) is 5.75 Å². The molecule has 1 aromatic carbocycles. The van der Waals surface area contributed by atoms with Gasteiger partial charge in [0, 0.05) is 0 Å². The molecular weight excluding hydrogens is 288 g/mol. The Morgan fingerprint density at radius 3 is 2.33 bits per heavy atom. The fraction of sp³-hybridized carbons (Fsp3) is 0.625. The SMILES string of the molecule is CCCCCCCCC(c1cccc(O)c1C)S(=O)(=O)O. The van der Waals surface area contributed by atoms with E-state index in [0.717, 1.165) is 25.7 Å². The van der Waals surface area contributed by atoms with Gasteiger partial charge in [-0.15, -0.1) is 0 Å². The van der Waals surface area contributed by atoms with E-state index in [1.807, 2.05) is 0 Å². The molecule has 1 aromatic rings. The minimum absolute atomic E-state index is 0.0593. The number of unbranched alkanes of at least 4 members (excludes halogenated alkanes) is 5. The lowest BCUT2D eigenvalue weighted by molar-refractivity contribution is 0.455. The van der Waals surface area contributed by atoms with E-state index in [4.69, 9.17) is 0 Å². The third kappa shape index (κ3) is 5.67. The molecule has 0 heterocycles. The van der Waals surface area contributed by atoms with Gasteiger partial charge in [0.25, 0.3) is 10.1 Å². The Hall–Kier alpha value is -1.07. The van der Waals surface area contributed by atoms with Crippen molar-refractivity contribution in [3.63, 3.8) is 0 Å². The average Bonchev–Trinajstić information content (AvgIpc) is 2.40. The highest BCUT2D eigenvalue weighted by Gasteiger charge is 2.26. The number of hydrogen-bond acceptors (Lipinski definition) is 3. The van der Waals surface area contributed by atoms with Crippen molar-refractivity contribution >= 4 is 10.1 Å². The lowest BCUT2D eigenvalue weighted by Crippen LogP contribution is -2.13. The van der Waals surface area contributed by atoms with E-state index in [-0.39, 0.29) is 5.75 Å². The Morgan fingerprint density at radius 1 is 1.10 bits per heavy atom. The first-order chi connectivity index (χ1) is 9.88. The van der Waals surface area contributed by atoms with Crippen molar-refractivity contribution in [1.82, 2.24) is 0 Å². The maximum absolute atomic E-state index is 11.6. The van der Waals surface area contributed by atoms with Crippen LogP contribution >= 0.6 is 0 Å². The van der Waals surface area contributed by atoms with E-state index in [2.05, 4.69) is 6.92 Å². The number of rotatable bonds is 9. The highest BCUT2D eigenvalue weighted by Crippen LogP contribution is 2.33. The zero-order valence-electron chi connectivity index (χ0n) is 12.9. The van der Waals surface area contributed by atoms with Crippen molar-refractivity contribution < 1.29 is 18.1 Å². The molecule has 0 aromatic heterocycles. The van der Waals surface area contributed by atoms with Gasteiger partial charge < -0.3 is 5.11 Å². The molecule has 0 spiro atoms. The van der Waals surface area contributed by atoms with Gasteiger partial charge in [-0.1, -0.05) is 57.6 Å². The first-order valence-electron chi connectivity index (χ1n) is 7.62. The summed E-state index contributed by atoms with van der Waals surface area (Å²) in [6.07, 6.45) is 6.73. The third-order valence-electron chi connectivity index (χ3n) is 3.87. The summed E-state index contributed by atoms with van der Waals surface area (Å²) in [6.45, 7) is 3.82. The molecule has 0 saturated carbocycles. The quantitative estimate of drug-likeness (QED) is 0.524. The number of benzene rings is 1. The molecule has 21 heavy (non-hydrogen) atoms. The summed E-state index contributed by atoms with van der Waals surface area (Å²) in [5.41, 5.74) is 1.01. The van der Waals surface area contributed by atoms with Gasteiger partial charge in [-0.2, -0.15) is 8.42 Å². The van der Waals surface area contributed by atoms with E-state index in [0.29, 0.717) is 17.5 Å². The normalized spacial score (nSPS) is 13.3. The smallest absolute Gasteiger partial charge is 0.272 e. The number of phenols is 1. The van der Waals surface area contributed by atoms with E-state index in [1.165, 1.54) is 18.9 Å². The fourth-order valence-electron chi connectivity index (χ4n) is 2.56. The summed E-state index contributed by atoms with van der Waals surface area (Å²) in [6, 6.07) is 4.78. The van der Waals surface area contributed by atoms with Crippen LogP contribution in [0.2, 0.25) is 0 Å². The van der Waals surface area contributed by atoms with Crippen LogP contribution in [0.15, 0.2) is 18.2 Å². The molecule has 0 saturated heterocycles. The van der Waals surface area contributed by atoms with Gasteiger partial charge in [-0.25, -0.2) is 0 Å². The molecule has 0 aliphatic heterocycles. The Labute approximate surface area is 128 Å². The van der Waals surface area contributed by atoms with Gasteiger partial charge in [-0.05, 0) is 30.5 Å². The summed E-state index contributed by atoms with van der Waals surface area (Å²) in [7, 11) is -4.17. The van der Waals surface area contributed by atoms with Crippen molar-refractivity contribution in [2.24, 2.45) is 0 Å². The van der Waals surface area contributed by atoms with Gasteiger partial charge in [-0.3, -0.25) is 4.55 Å². The van der Waals surface area contributed by atoms with Crippen LogP contribution in [0.1, 0.15) is 68.2 Å². The predicted octanol–water partition coefficient (Wildman–Crippen LogP) is 4.38. The van der Waals surface area contributed by atoms with Gasteiger partial charge >= 0.3 is 0 Å². The summed E-state index contributed by atoms with van der Waals surface area (Å²) < 4.78 is 32.7. The molecule has 4 nitrogen and oxygen atoms in total. The molecule has 0 aliphatic carbocycles. The van der Waals surface area contributed by atoms with Crippen LogP contribution in [0, 0.1) is 6.92 Å². The molecule has 0 amide bonds. The molecule has 0 aliphatic rings. The van der Waals surface area contributed by atoms with Crippen molar-refractivity contribution in [3.05, 3.63) is 29.3 Å². The molecular formula is C16H26O4S. The molecule has 0 bridgehead atoms. The van der Waals surface area contributed by atoms with Crippen molar-refractivity contribution in [1.29, 1.82) is 0 Å². The van der Waals surface area contributed by atoms with Crippen LogP contribution in [-0.4, -0.2) is 18.1 Å². The molecule has 0 fully saturated rings. The second kappa shape index (κ2) is 8.39. The zero-order valence-corrected chi connectivity index (χ0v) is 13.7. The van der Waals surface area contributed by atoms with E-state index in [9.17, 15) is 18.1 Å². The molecule has 1 unspecified atom stereocenters. The molecule has 120 valence electrons. The van der Waals surface area contributed by atoms with E-state index >= 15 is 0 Å². The molecule has 0 radical (unpaired) electrons. The Bertz CT molecular complexity index is 537. The van der Waals surface area contributed by atoms with Crippen LogP contribution in [0.4, 0.5) is 0 Å². The summed E-state index contributed by atoms with van der Waals surface area (Å²) in [5.74, 6) is 0.0593.